The van der Waals surface area contributed by atoms with Gasteiger partial charge in [-0.05, 0) is 79.2 Å². The number of amides is 2. The van der Waals surface area contributed by atoms with E-state index in [1.807, 2.05) is 12.2 Å². The fraction of sp³-hybridized carbons (Fsp3) is 0.371. The first-order valence-corrected chi connectivity index (χ1v) is 15.8. The predicted molar refractivity (Wildman–Crippen MR) is 166 cm³/mol. The van der Waals surface area contributed by atoms with E-state index in [0.29, 0.717) is 22.6 Å². The molecule has 3 aromatic rings. The van der Waals surface area contributed by atoms with Crippen molar-refractivity contribution in [1.29, 1.82) is 0 Å². The zero-order valence-electron chi connectivity index (χ0n) is 24.6. The van der Waals surface area contributed by atoms with Crippen LogP contribution in [0.4, 0.5) is 8.78 Å². The number of hydrogen-bond acceptors (Lipinski definition) is 5. The number of benzene rings is 2. The van der Waals surface area contributed by atoms with E-state index in [1.165, 1.54) is 11.3 Å². The molecule has 3 unspecified atom stereocenters. The summed E-state index contributed by atoms with van der Waals surface area (Å²) in [7, 11) is 0. The van der Waals surface area contributed by atoms with Gasteiger partial charge < -0.3 is 10.6 Å². The molecule has 0 radical (unpaired) electrons. The highest BCUT2D eigenvalue weighted by Gasteiger charge is 2.44. The van der Waals surface area contributed by atoms with Crippen molar-refractivity contribution in [2.45, 2.75) is 69.5 Å². The van der Waals surface area contributed by atoms with Gasteiger partial charge in [0.1, 0.15) is 12.0 Å². The van der Waals surface area contributed by atoms with Gasteiger partial charge in [-0.2, -0.15) is 0 Å². The Balaban J connectivity index is 1.17. The number of rotatable bonds is 10. The van der Waals surface area contributed by atoms with Gasteiger partial charge in [-0.25, -0.2) is 13.8 Å². The molecule has 1 aromatic heterocycles. The Labute approximate surface area is 260 Å². The van der Waals surface area contributed by atoms with E-state index in [2.05, 4.69) is 33.5 Å². The fourth-order valence-electron chi connectivity index (χ4n) is 5.77. The van der Waals surface area contributed by atoms with Crippen LogP contribution in [0, 0.1) is 23.6 Å². The van der Waals surface area contributed by atoms with Crippen molar-refractivity contribution in [3.63, 3.8) is 0 Å². The molecule has 0 saturated heterocycles. The summed E-state index contributed by atoms with van der Waals surface area (Å²) >= 11 is 1.38. The van der Waals surface area contributed by atoms with Crippen LogP contribution in [0.5, 0.6) is 0 Å². The second-order valence-electron chi connectivity index (χ2n) is 11.5. The third kappa shape index (κ3) is 7.86. The number of alkyl halides is 1. The number of nitrogens with one attached hydrogen (secondary N) is 2. The highest BCUT2D eigenvalue weighted by molar-refractivity contribution is 7.10. The molecule has 2 N–H and O–H groups in total. The molecule has 1 heterocycles. The lowest BCUT2D eigenvalue weighted by Gasteiger charge is -2.25. The lowest BCUT2D eigenvalue weighted by Crippen LogP contribution is -2.39. The normalized spacial score (nSPS) is 18.9. The smallest absolute Gasteiger partial charge is 0.310 e. The third-order valence-corrected chi connectivity index (χ3v) is 9.25. The molecule has 0 aliphatic heterocycles. The molecule has 2 amide bonds. The second-order valence-corrected chi connectivity index (χ2v) is 12.4. The number of ketones is 1. The minimum absolute atomic E-state index is 0.00566. The predicted octanol–water partition coefficient (Wildman–Crippen LogP) is 6.17. The standard InChI is InChI=1S/C35H35F2N3O3S/c1-23(36)24-8-10-25(11-9-24)27-19-28(21-29(37)20-27)35(14-15-35)13-12-31(41)30-6-3-2-5-26(30)22-40-34(43)33(42)39-16-4-7-32-38-17-18-44-32/h2-3,5-6,8,10,17-21,23-25H,9,11-16,22H2,1H3,(H,39,42)(H,40,43). The number of halogens is 2. The van der Waals surface area contributed by atoms with Crippen LogP contribution in [0.1, 0.15) is 83.4 Å². The van der Waals surface area contributed by atoms with Crippen molar-refractivity contribution < 1.29 is 23.2 Å². The van der Waals surface area contributed by atoms with Gasteiger partial charge in [0.05, 0.1) is 6.54 Å². The number of Topliss-reactive ketones (excluding diaryl/α,β-unsaturated/α-hetero) is 1. The van der Waals surface area contributed by atoms with Gasteiger partial charge in [0.15, 0.2) is 10.8 Å². The van der Waals surface area contributed by atoms with Crippen molar-refractivity contribution in [2.75, 3.05) is 6.54 Å². The molecule has 1 saturated carbocycles. The Morgan fingerprint density at radius 3 is 2.59 bits per heavy atom. The summed E-state index contributed by atoms with van der Waals surface area (Å²) in [5.74, 6) is 3.52. The van der Waals surface area contributed by atoms with Gasteiger partial charge >= 0.3 is 11.8 Å². The van der Waals surface area contributed by atoms with Gasteiger partial charge in [-0.3, -0.25) is 14.4 Å². The van der Waals surface area contributed by atoms with E-state index in [0.717, 1.165) is 36.8 Å². The number of allylic oxidation sites excluding steroid dienone is 2. The minimum atomic E-state index is -0.895. The molecule has 9 heteroatoms. The Bertz CT molecular complexity index is 1600. The molecule has 3 atom stereocenters. The molecule has 0 spiro atoms. The summed E-state index contributed by atoms with van der Waals surface area (Å²) in [6.07, 6.45) is 8.79. The Kier molecular flexibility index (Phi) is 10.0. The molecule has 44 heavy (non-hydrogen) atoms. The van der Waals surface area contributed by atoms with Crippen LogP contribution in [0.15, 0.2) is 66.2 Å². The highest BCUT2D eigenvalue weighted by Crippen LogP contribution is 2.52. The first-order valence-electron chi connectivity index (χ1n) is 14.9. The maximum atomic E-state index is 14.8. The molecular formula is C35H35F2N3O3S. The van der Waals surface area contributed by atoms with Gasteiger partial charge in [-0.15, -0.1) is 11.3 Å². The number of nitrogens with zero attached hydrogens (tertiary/aromatic N) is 1. The van der Waals surface area contributed by atoms with Crippen molar-refractivity contribution >= 4 is 28.9 Å². The first-order chi connectivity index (χ1) is 21.2. The van der Waals surface area contributed by atoms with E-state index < -0.39 is 18.0 Å². The van der Waals surface area contributed by atoms with E-state index >= 15 is 0 Å². The molecule has 228 valence electrons. The number of hydrogen-bond donors (Lipinski definition) is 2. The summed E-state index contributed by atoms with van der Waals surface area (Å²) in [5, 5.41) is 7.45. The molecule has 2 aromatic carbocycles. The maximum Gasteiger partial charge on any atom is 0.310 e. The van der Waals surface area contributed by atoms with Crippen molar-refractivity contribution in [3.05, 3.63) is 99.3 Å². The number of carbonyl (C=O) groups excluding carboxylic acids is 3. The van der Waals surface area contributed by atoms with Gasteiger partial charge in [0.2, 0.25) is 0 Å². The number of thiazole rings is 1. The Hall–Kier alpha value is -4.16. The first kappa shape index (κ1) is 31.3. The van der Waals surface area contributed by atoms with E-state index in [-0.39, 0.29) is 48.4 Å². The van der Waals surface area contributed by atoms with E-state index in [1.54, 1.807) is 54.9 Å². The van der Waals surface area contributed by atoms with Crippen LogP contribution in [0.25, 0.3) is 0 Å². The van der Waals surface area contributed by atoms with Crippen LogP contribution < -0.4 is 10.6 Å². The maximum absolute atomic E-state index is 14.8. The van der Waals surface area contributed by atoms with Crippen LogP contribution in [-0.4, -0.2) is 35.3 Å². The van der Waals surface area contributed by atoms with Crippen LogP contribution in [0.3, 0.4) is 0 Å². The molecule has 2 aliphatic rings. The minimum Gasteiger partial charge on any atom is -0.344 e. The van der Waals surface area contributed by atoms with E-state index in [4.69, 9.17) is 0 Å². The van der Waals surface area contributed by atoms with Gasteiger partial charge in [-0.1, -0.05) is 48.4 Å². The molecule has 6 nitrogen and oxygen atoms in total. The van der Waals surface area contributed by atoms with Crippen molar-refractivity contribution in [1.82, 2.24) is 15.6 Å². The number of carbonyl (C=O) groups is 3. The quantitative estimate of drug-likeness (QED) is 0.124. The summed E-state index contributed by atoms with van der Waals surface area (Å²) in [4.78, 5) is 41.9. The summed E-state index contributed by atoms with van der Waals surface area (Å²) in [6, 6.07) is 12.2. The monoisotopic (exact) mass is 615 g/mol. The second kappa shape index (κ2) is 14.1. The van der Waals surface area contributed by atoms with Crippen LogP contribution in [0.2, 0.25) is 0 Å². The largest absolute Gasteiger partial charge is 0.344 e. The number of aromatic nitrogens is 1. The summed E-state index contributed by atoms with van der Waals surface area (Å²) in [6.45, 7) is 1.60. The summed E-state index contributed by atoms with van der Waals surface area (Å²) < 4.78 is 28.5. The molecule has 1 fully saturated rings. The topological polar surface area (TPSA) is 88.2 Å². The van der Waals surface area contributed by atoms with Crippen molar-refractivity contribution in [2.24, 2.45) is 5.92 Å². The molecule has 0 bridgehead atoms. The molecular weight excluding hydrogens is 580 g/mol. The lowest BCUT2D eigenvalue weighted by atomic mass is 9.81. The lowest BCUT2D eigenvalue weighted by molar-refractivity contribution is -0.139. The Morgan fingerprint density at radius 2 is 1.89 bits per heavy atom. The SMILES string of the molecule is CC(F)C1C=CC(c2cc(F)cc(C3(CCC(=O)c4ccccc4CNC(=O)C(=O)NCC#Cc4nccs4)CC3)c2)CC1. The average Bonchev–Trinajstić information content (AvgIpc) is 3.65. The van der Waals surface area contributed by atoms with Gasteiger partial charge in [0.25, 0.3) is 0 Å². The zero-order chi connectivity index (χ0) is 31.1. The molecule has 2 aliphatic carbocycles. The van der Waals surface area contributed by atoms with Crippen LogP contribution >= 0.6 is 11.3 Å². The Morgan fingerprint density at radius 1 is 1.09 bits per heavy atom. The van der Waals surface area contributed by atoms with E-state index in [9.17, 15) is 23.2 Å². The zero-order valence-corrected chi connectivity index (χ0v) is 25.4. The fourth-order valence-corrected chi connectivity index (χ4v) is 6.27. The average molecular weight is 616 g/mol. The van der Waals surface area contributed by atoms with Crippen LogP contribution in [-0.2, 0) is 21.5 Å². The highest BCUT2D eigenvalue weighted by atomic mass is 32.1. The van der Waals surface area contributed by atoms with Gasteiger partial charge in [0, 0.05) is 41.9 Å². The third-order valence-electron chi connectivity index (χ3n) is 8.56. The van der Waals surface area contributed by atoms with Crippen molar-refractivity contribution in [3.8, 4) is 11.8 Å². The summed E-state index contributed by atoms with van der Waals surface area (Å²) in [5.41, 5.74) is 2.67. The molecule has 5 rings (SSSR count).